The molecule has 0 unspecified atom stereocenters. The number of amides is 2. The van der Waals surface area contributed by atoms with Crippen molar-refractivity contribution in [3.63, 3.8) is 0 Å². The molecule has 6 N–H and O–H groups in total. The quantitative estimate of drug-likeness (QED) is 0.308. The first kappa shape index (κ1) is 14.1. The van der Waals surface area contributed by atoms with Crippen LogP contribution in [0.1, 0.15) is 0 Å². The van der Waals surface area contributed by atoms with E-state index in [1.165, 1.54) is 0 Å². The van der Waals surface area contributed by atoms with Crippen LogP contribution in [0.25, 0.3) is 0 Å². The van der Waals surface area contributed by atoms with Crippen molar-refractivity contribution >= 4 is 18.0 Å². The SMILES string of the molecule is O=C(O)[C@H](O)[C@@H](O)C(=O)O.O=C1NCCN1. The zero-order valence-corrected chi connectivity index (χ0v) is 8.08. The van der Waals surface area contributed by atoms with Crippen LogP contribution in [0.5, 0.6) is 0 Å². The van der Waals surface area contributed by atoms with Crippen LogP contribution in [0.3, 0.4) is 0 Å². The van der Waals surface area contributed by atoms with Gasteiger partial charge in [-0.25, -0.2) is 14.4 Å². The fraction of sp³-hybridized carbons (Fsp3) is 0.571. The van der Waals surface area contributed by atoms with Gasteiger partial charge in [0.05, 0.1) is 0 Å². The van der Waals surface area contributed by atoms with Gasteiger partial charge in [0.15, 0.2) is 12.2 Å². The van der Waals surface area contributed by atoms with Crippen molar-refractivity contribution in [1.29, 1.82) is 0 Å². The number of aliphatic carboxylic acids is 2. The van der Waals surface area contributed by atoms with Crippen LogP contribution in [0.15, 0.2) is 0 Å². The molecule has 1 heterocycles. The molecular weight excluding hydrogens is 224 g/mol. The second kappa shape index (κ2) is 6.58. The molecule has 1 fully saturated rings. The fourth-order valence-electron chi connectivity index (χ4n) is 0.685. The van der Waals surface area contributed by atoms with E-state index in [1.807, 2.05) is 0 Å². The van der Waals surface area contributed by atoms with Gasteiger partial charge in [-0.1, -0.05) is 0 Å². The number of hydrogen-bond acceptors (Lipinski definition) is 5. The number of rotatable bonds is 3. The zero-order valence-electron chi connectivity index (χ0n) is 8.08. The Labute approximate surface area is 89.7 Å². The highest BCUT2D eigenvalue weighted by Crippen LogP contribution is 1.92. The number of carbonyl (C=O) groups excluding carboxylic acids is 1. The Balaban J connectivity index is 0.000000315. The van der Waals surface area contributed by atoms with E-state index < -0.39 is 24.1 Å². The average Bonchev–Trinajstić information content (AvgIpc) is 2.67. The predicted molar refractivity (Wildman–Crippen MR) is 48.7 cm³/mol. The van der Waals surface area contributed by atoms with E-state index in [4.69, 9.17) is 20.4 Å². The Hall–Kier alpha value is -1.87. The van der Waals surface area contributed by atoms with E-state index in [2.05, 4.69) is 10.6 Å². The van der Waals surface area contributed by atoms with Crippen LogP contribution < -0.4 is 10.6 Å². The lowest BCUT2D eigenvalue weighted by Gasteiger charge is -2.07. The molecule has 9 heteroatoms. The zero-order chi connectivity index (χ0) is 12.7. The lowest BCUT2D eigenvalue weighted by molar-refractivity contribution is -0.165. The normalized spacial score (nSPS) is 17.2. The van der Waals surface area contributed by atoms with E-state index in [9.17, 15) is 14.4 Å². The number of hydrogen-bond donors (Lipinski definition) is 6. The Bertz CT molecular complexity index is 254. The lowest BCUT2D eigenvalue weighted by atomic mass is 10.2. The molecule has 0 aromatic carbocycles. The molecule has 0 saturated carbocycles. The summed E-state index contributed by atoms with van der Waals surface area (Å²) in [5, 5.41) is 37.7. The van der Waals surface area contributed by atoms with Gasteiger partial charge in [-0.3, -0.25) is 0 Å². The number of carbonyl (C=O) groups is 3. The minimum absolute atomic E-state index is 0.0463. The summed E-state index contributed by atoms with van der Waals surface area (Å²) < 4.78 is 0. The van der Waals surface area contributed by atoms with Crippen LogP contribution in [0, 0.1) is 0 Å². The first-order chi connectivity index (χ1) is 7.36. The summed E-state index contributed by atoms with van der Waals surface area (Å²) >= 11 is 0. The number of aliphatic hydroxyl groups excluding tert-OH is 2. The molecule has 1 aliphatic heterocycles. The van der Waals surface area contributed by atoms with Gasteiger partial charge < -0.3 is 31.1 Å². The third-order valence-corrected chi connectivity index (χ3v) is 1.50. The molecule has 1 saturated heterocycles. The summed E-state index contributed by atoms with van der Waals surface area (Å²) in [5.41, 5.74) is 0. The second-order valence-electron chi connectivity index (χ2n) is 2.75. The van der Waals surface area contributed by atoms with E-state index in [0.29, 0.717) is 0 Å². The van der Waals surface area contributed by atoms with Gasteiger partial charge in [0.1, 0.15) is 0 Å². The highest BCUT2D eigenvalue weighted by atomic mass is 16.4. The van der Waals surface area contributed by atoms with Gasteiger partial charge in [-0.15, -0.1) is 0 Å². The van der Waals surface area contributed by atoms with Gasteiger partial charge in [0, 0.05) is 13.1 Å². The molecule has 0 aromatic rings. The second-order valence-corrected chi connectivity index (χ2v) is 2.75. The number of aliphatic hydroxyl groups is 2. The molecule has 0 aliphatic carbocycles. The van der Waals surface area contributed by atoms with Gasteiger partial charge in [-0.05, 0) is 0 Å². The standard InChI is InChI=1S/C4H6O6.C3H6N2O/c5-1(3(7)8)2(6)4(9)10;6-3-4-1-2-5-3/h1-2,5-6H,(H,7,8)(H,9,10);1-2H2,(H2,4,5,6)/t1-,2-;/m1./s1. The van der Waals surface area contributed by atoms with Gasteiger partial charge >= 0.3 is 18.0 Å². The third kappa shape index (κ3) is 5.12. The molecule has 1 aliphatic rings. The smallest absolute Gasteiger partial charge is 0.335 e. The summed E-state index contributed by atoms with van der Waals surface area (Å²) in [7, 11) is 0. The molecular formula is C7H12N2O7. The number of nitrogens with one attached hydrogen (secondary N) is 2. The molecule has 16 heavy (non-hydrogen) atoms. The van der Waals surface area contributed by atoms with Gasteiger partial charge in [0.25, 0.3) is 0 Å². The summed E-state index contributed by atoms with van der Waals surface area (Å²) in [5.74, 6) is -3.54. The summed E-state index contributed by atoms with van der Waals surface area (Å²) in [6, 6.07) is -0.0463. The van der Waals surface area contributed by atoms with E-state index >= 15 is 0 Å². The van der Waals surface area contributed by atoms with E-state index in [-0.39, 0.29) is 6.03 Å². The maximum Gasteiger partial charge on any atom is 0.335 e. The van der Waals surface area contributed by atoms with Crippen molar-refractivity contribution in [3.8, 4) is 0 Å². The van der Waals surface area contributed by atoms with Crippen LogP contribution in [-0.2, 0) is 9.59 Å². The number of carboxylic acid groups (broad SMARTS) is 2. The third-order valence-electron chi connectivity index (χ3n) is 1.50. The highest BCUT2D eigenvalue weighted by Gasteiger charge is 2.29. The molecule has 92 valence electrons. The molecule has 0 radical (unpaired) electrons. The summed E-state index contributed by atoms with van der Waals surface area (Å²) in [6.45, 7) is 1.55. The molecule has 0 aromatic heterocycles. The molecule has 0 bridgehead atoms. The molecule has 2 amide bonds. The number of carboxylic acids is 2. The van der Waals surface area contributed by atoms with Crippen molar-refractivity contribution in [3.05, 3.63) is 0 Å². The van der Waals surface area contributed by atoms with Gasteiger partial charge in [0.2, 0.25) is 0 Å². The number of urea groups is 1. The van der Waals surface area contributed by atoms with Crippen molar-refractivity contribution in [2.24, 2.45) is 0 Å². The van der Waals surface area contributed by atoms with Crippen molar-refractivity contribution in [1.82, 2.24) is 10.6 Å². The van der Waals surface area contributed by atoms with Crippen LogP contribution >= 0.6 is 0 Å². The molecule has 9 nitrogen and oxygen atoms in total. The molecule has 2 atom stereocenters. The maximum atomic E-state index is 10.0. The highest BCUT2D eigenvalue weighted by molar-refractivity contribution is 5.83. The Kier molecular flexibility index (Phi) is 5.81. The maximum absolute atomic E-state index is 10.0. The van der Waals surface area contributed by atoms with Crippen molar-refractivity contribution < 1.29 is 34.8 Å². The molecule has 1 rings (SSSR count). The Morgan fingerprint density at radius 1 is 1.00 bits per heavy atom. The van der Waals surface area contributed by atoms with Crippen LogP contribution in [0.2, 0.25) is 0 Å². The topological polar surface area (TPSA) is 156 Å². The van der Waals surface area contributed by atoms with Crippen LogP contribution in [-0.4, -0.2) is 63.7 Å². The first-order valence-corrected chi connectivity index (χ1v) is 4.19. The fourth-order valence-corrected chi connectivity index (χ4v) is 0.685. The minimum Gasteiger partial charge on any atom is -0.479 e. The summed E-state index contributed by atoms with van der Waals surface area (Å²) in [6.07, 6.45) is -4.53. The molecule has 0 spiro atoms. The van der Waals surface area contributed by atoms with Crippen molar-refractivity contribution in [2.45, 2.75) is 12.2 Å². The monoisotopic (exact) mass is 236 g/mol. The van der Waals surface area contributed by atoms with E-state index in [0.717, 1.165) is 13.1 Å². The Morgan fingerprint density at radius 3 is 1.44 bits per heavy atom. The van der Waals surface area contributed by atoms with Crippen molar-refractivity contribution in [2.75, 3.05) is 13.1 Å². The van der Waals surface area contributed by atoms with Gasteiger partial charge in [-0.2, -0.15) is 0 Å². The largest absolute Gasteiger partial charge is 0.479 e. The van der Waals surface area contributed by atoms with E-state index in [1.54, 1.807) is 0 Å². The first-order valence-electron chi connectivity index (χ1n) is 4.19. The van der Waals surface area contributed by atoms with Crippen LogP contribution in [0.4, 0.5) is 4.79 Å². The average molecular weight is 236 g/mol. The Morgan fingerprint density at radius 2 is 1.31 bits per heavy atom. The predicted octanol–water partition coefficient (Wildman–Crippen LogP) is -2.82. The minimum atomic E-state index is -2.27. The summed E-state index contributed by atoms with van der Waals surface area (Å²) in [4.78, 5) is 29.6. The lowest BCUT2D eigenvalue weighted by Crippen LogP contribution is -2.39.